The van der Waals surface area contributed by atoms with Gasteiger partial charge in [0.15, 0.2) is 5.78 Å². The van der Waals surface area contributed by atoms with Crippen molar-refractivity contribution in [3.63, 3.8) is 0 Å². The maximum atomic E-state index is 10.8. The summed E-state index contributed by atoms with van der Waals surface area (Å²) in [5.41, 5.74) is -0.639. The molecule has 0 rings (SSSR count). The second-order valence-electron chi connectivity index (χ2n) is 2.09. The Morgan fingerprint density at radius 3 is 2.27 bits per heavy atom. The number of rotatable bonds is 4. The zero-order valence-electron chi connectivity index (χ0n) is 6.24. The highest BCUT2D eigenvalue weighted by atomic mass is 16.7. The van der Waals surface area contributed by atoms with Gasteiger partial charge in [0.25, 0.3) is 0 Å². The van der Waals surface area contributed by atoms with E-state index in [1.807, 2.05) is 0 Å². The summed E-state index contributed by atoms with van der Waals surface area (Å²) in [6.45, 7) is 4.72. The molecule has 0 heterocycles. The molecule has 1 radical (unpaired) electrons. The molecule has 0 aromatic heterocycles. The maximum Gasteiger partial charge on any atom is 0.307 e. The molecule has 0 bridgehead atoms. The van der Waals surface area contributed by atoms with Gasteiger partial charge in [0, 0.05) is 6.42 Å². The summed E-state index contributed by atoms with van der Waals surface area (Å²) in [5.74, 6) is -3.76. The number of aliphatic hydroxyl groups is 3. The molecular weight excluding hydrogens is 148 g/mol. The number of carbonyl (C=O) groups excluding carboxylic acids is 1. The molecule has 11 heavy (non-hydrogen) atoms. The van der Waals surface area contributed by atoms with Gasteiger partial charge in [-0.25, -0.2) is 0 Å². The van der Waals surface area contributed by atoms with Crippen LogP contribution in [0.3, 0.4) is 0 Å². The Balaban J connectivity index is 4.15. The molecule has 4 heteroatoms. The fourth-order valence-corrected chi connectivity index (χ4v) is 0.474. The Morgan fingerprint density at radius 1 is 1.55 bits per heavy atom. The topological polar surface area (TPSA) is 77.8 Å². The minimum absolute atomic E-state index is 0.452. The van der Waals surface area contributed by atoms with E-state index in [0.29, 0.717) is 6.42 Å². The molecular formula is C7H11O4. The Labute approximate surface area is 64.8 Å². The van der Waals surface area contributed by atoms with Crippen LogP contribution < -0.4 is 0 Å². The zero-order valence-corrected chi connectivity index (χ0v) is 6.24. The smallest absolute Gasteiger partial charge is 0.307 e. The number of Topliss-reactive ketones (excluding diaryl/α,β-unsaturated/α-hetero) is 1. The van der Waals surface area contributed by atoms with Crippen LogP contribution in [0.15, 0.2) is 12.2 Å². The first-order chi connectivity index (χ1) is 4.89. The molecule has 0 atom stereocenters. The van der Waals surface area contributed by atoms with E-state index in [1.165, 1.54) is 6.42 Å². The predicted octanol–water partition coefficient (Wildman–Crippen LogP) is -0.643. The third-order valence-electron chi connectivity index (χ3n) is 1.09. The standard InChI is InChI=1S/C7H11O4/c1-3-4-6(8)5(2)7(9,10)11/h4,9-11H,2-3H2,1H3. The molecule has 0 amide bonds. The third kappa shape index (κ3) is 3.27. The third-order valence-corrected chi connectivity index (χ3v) is 1.09. The quantitative estimate of drug-likeness (QED) is 0.376. The molecule has 0 aliphatic heterocycles. The zero-order chi connectivity index (χ0) is 9.07. The van der Waals surface area contributed by atoms with E-state index in [2.05, 4.69) is 6.58 Å². The van der Waals surface area contributed by atoms with Crippen LogP contribution in [-0.2, 0) is 4.79 Å². The summed E-state index contributed by atoms with van der Waals surface area (Å²) in [6, 6.07) is 0. The van der Waals surface area contributed by atoms with E-state index in [4.69, 9.17) is 15.3 Å². The SMILES string of the molecule is C=C(C(=O)[CH]CC)C(O)(O)O. The predicted molar refractivity (Wildman–Crippen MR) is 38.1 cm³/mol. The van der Waals surface area contributed by atoms with Gasteiger partial charge in [-0.1, -0.05) is 13.5 Å². The fraction of sp³-hybridized carbons (Fsp3) is 0.429. The Kier molecular flexibility index (Phi) is 3.38. The Morgan fingerprint density at radius 2 is 2.00 bits per heavy atom. The first kappa shape index (κ1) is 10.3. The lowest BCUT2D eigenvalue weighted by Gasteiger charge is -2.14. The normalized spacial score (nSPS) is 11.3. The van der Waals surface area contributed by atoms with Crippen molar-refractivity contribution >= 4 is 5.78 Å². The Bertz CT molecular complexity index is 166. The van der Waals surface area contributed by atoms with Crippen LogP contribution in [0.2, 0.25) is 0 Å². The fourth-order valence-electron chi connectivity index (χ4n) is 0.474. The van der Waals surface area contributed by atoms with Gasteiger partial charge in [-0.2, -0.15) is 0 Å². The van der Waals surface area contributed by atoms with Crippen LogP contribution in [0.25, 0.3) is 0 Å². The number of ketones is 1. The summed E-state index contributed by atoms with van der Waals surface area (Å²) >= 11 is 0. The van der Waals surface area contributed by atoms with Crippen molar-refractivity contribution in [3.05, 3.63) is 18.6 Å². The first-order valence-corrected chi connectivity index (χ1v) is 3.13. The summed E-state index contributed by atoms with van der Waals surface area (Å²) in [6.07, 6.45) is 1.65. The van der Waals surface area contributed by atoms with Crippen molar-refractivity contribution in [1.82, 2.24) is 0 Å². The molecule has 0 aromatic rings. The summed E-state index contributed by atoms with van der Waals surface area (Å²) in [7, 11) is 0. The van der Waals surface area contributed by atoms with Gasteiger partial charge in [-0.15, -0.1) is 0 Å². The average molecular weight is 159 g/mol. The minimum atomic E-state index is -3.09. The van der Waals surface area contributed by atoms with Crippen molar-refractivity contribution in [3.8, 4) is 0 Å². The maximum absolute atomic E-state index is 10.8. The van der Waals surface area contributed by atoms with Crippen LogP contribution in [0.5, 0.6) is 0 Å². The number of hydrogen-bond acceptors (Lipinski definition) is 4. The van der Waals surface area contributed by atoms with Crippen molar-refractivity contribution < 1.29 is 20.1 Å². The second kappa shape index (κ2) is 3.61. The van der Waals surface area contributed by atoms with Gasteiger partial charge >= 0.3 is 5.97 Å². The van der Waals surface area contributed by atoms with Crippen molar-refractivity contribution in [1.29, 1.82) is 0 Å². The molecule has 3 N–H and O–H groups in total. The highest BCUT2D eigenvalue weighted by molar-refractivity contribution is 6.02. The average Bonchev–Trinajstić information content (AvgIpc) is 1.85. The molecule has 4 nitrogen and oxygen atoms in total. The molecule has 63 valence electrons. The van der Waals surface area contributed by atoms with E-state index in [1.54, 1.807) is 6.92 Å². The van der Waals surface area contributed by atoms with E-state index < -0.39 is 17.3 Å². The van der Waals surface area contributed by atoms with E-state index in [9.17, 15) is 4.79 Å². The van der Waals surface area contributed by atoms with Crippen molar-refractivity contribution in [2.45, 2.75) is 19.3 Å². The first-order valence-electron chi connectivity index (χ1n) is 3.13. The molecule has 0 fully saturated rings. The molecule has 0 saturated carbocycles. The van der Waals surface area contributed by atoms with Crippen LogP contribution in [0, 0.1) is 6.42 Å². The molecule has 0 unspecified atom stereocenters. The lowest BCUT2D eigenvalue weighted by atomic mass is 10.1. The molecule has 0 saturated heterocycles. The lowest BCUT2D eigenvalue weighted by molar-refractivity contribution is -0.280. The lowest BCUT2D eigenvalue weighted by Crippen LogP contribution is -2.33. The largest absolute Gasteiger partial charge is 0.340 e. The second-order valence-corrected chi connectivity index (χ2v) is 2.09. The van der Waals surface area contributed by atoms with Gasteiger partial charge in [-0.3, -0.25) is 4.79 Å². The van der Waals surface area contributed by atoms with E-state index in [0.717, 1.165) is 0 Å². The summed E-state index contributed by atoms with van der Waals surface area (Å²) in [5, 5.41) is 25.4. The van der Waals surface area contributed by atoms with Gasteiger partial charge in [0.05, 0.1) is 5.57 Å². The molecule has 0 aliphatic carbocycles. The van der Waals surface area contributed by atoms with Gasteiger partial charge in [0.2, 0.25) is 0 Å². The van der Waals surface area contributed by atoms with Gasteiger partial charge in [0.1, 0.15) is 0 Å². The number of carbonyl (C=O) groups is 1. The molecule has 0 aliphatic rings. The Hall–Kier alpha value is -0.710. The monoisotopic (exact) mass is 159 g/mol. The van der Waals surface area contributed by atoms with Crippen LogP contribution >= 0.6 is 0 Å². The highest BCUT2D eigenvalue weighted by Gasteiger charge is 2.28. The molecule has 0 spiro atoms. The minimum Gasteiger partial charge on any atom is -0.340 e. The van der Waals surface area contributed by atoms with Crippen LogP contribution in [0.1, 0.15) is 13.3 Å². The number of hydrogen-bond donors (Lipinski definition) is 3. The summed E-state index contributed by atoms with van der Waals surface area (Å²) in [4.78, 5) is 10.8. The summed E-state index contributed by atoms with van der Waals surface area (Å²) < 4.78 is 0. The molecule has 0 aromatic carbocycles. The van der Waals surface area contributed by atoms with E-state index >= 15 is 0 Å². The highest BCUT2D eigenvalue weighted by Crippen LogP contribution is 2.10. The van der Waals surface area contributed by atoms with Crippen LogP contribution in [0.4, 0.5) is 0 Å². The van der Waals surface area contributed by atoms with Crippen molar-refractivity contribution in [2.24, 2.45) is 0 Å². The van der Waals surface area contributed by atoms with E-state index in [-0.39, 0.29) is 0 Å². The van der Waals surface area contributed by atoms with Gasteiger partial charge < -0.3 is 15.3 Å². The van der Waals surface area contributed by atoms with Crippen molar-refractivity contribution in [2.75, 3.05) is 0 Å². The van der Waals surface area contributed by atoms with Gasteiger partial charge in [-0.05, 0) is 6.42 Å². The van der Waals surface area contributed by atoms with Crippen LogP contribution in [-0.4, -0.2) is 27.1 Å².